The fourth-order valence-electron chi connectivity index (χ4n) is 4.26. The van der Waals surface area contributed by atoms with E-state index in [1.54, 1.807) is 38.3 Å². The van der Waals surface area contributed by atoms with Gasteiger partial charge in [-0.25, -0.2) is 4.79 Å². The molecule has 1 atom stereocenters. The Morgan fingerprint density at radius 2 is 1.84 bits per heavy atom. The standard InChI is InChI=1S/C21H28N4O6/c1-21(15-3-5-16(29-2)6-4-15)19(27)25(20(28)22-21)23-17(26)13-24-9-7-14(8-10-24)18-30-11-12-31-18/h3-6,14,18H,7-13H2,1-2H3,(H,22,28)(H,23,26)/t21-/m1/s1. The number of carbonyl (C=O) groups excluding carboxylic acids is 3. The van der Waals surface area contributed by atoms with Crippen molar-refractivity contribution in [3.63, 3.8) is 0 Å². The first kappa shape index (κ1) is 21.5. The average molecular weight is 432 g/mol. The van der Waals surface area contributed by atoms with Crippen LogP contribution >= 0.6 is 0 Å². The summed E-state index contributed by atoms with van der Waals surface area (Å²) in [7, 11) is 1.55. The van der Waals surface area contributed by atoms with Gasteiger partial charge in [-0.05, 0) is 50.6 Å². The molecular weight excluding hydrogens is 404 g/mol. The van der Waals surface area contributed by atoms with Gasteiger partial charge in [-0.15, -0.1) is 0 Å². The van der Waals surface area contributed by atoms with E-state index in [1.165, 1.54) is 0 Å². The Morgan fingerprint density at radius 1 is 1.19 bits per heavy atom. The number of imide groups is 1. The largest absolute Gasteiger partial charge is 0.497 e. The zero-order valence-electron chi connectivity index (χ0n) is 17.8. The topological polar surface area (TPSA) is 109 Å². The second kappa shape index (κ2) is 8.81. The van der Waals surface area contributed by atoms with Crippen LogP contribution in [0.3, 0.4) is 0 Å². The summed E-state index contributed by atoms with van der Waals surface area (Å²) in [5.41, 5.74) is 1.79. The predicted molar refractivity (Wildman–Crippen MR) is 109 cm³/mol. The van der Waals surface area contributed by atoms with Crippen LogP contribution in [0.5, 0.6) is 5.75 Å². The maximum Gasteiger partial charge on any atom is 0.344 e. The Labute approximate surface area is 180 Å². The number of benzene rings is 1. The fourth-order valence-corrected chi connectivity index (χ4v) is 4.26. The van der Waals surface area contributed by atoms with Gasteiger partial charge in [0.1, 0.15) is 11.3 Å². The second-order valence-electron chi connectivity index (χ2n) is 8.18. The lowest BCUT2D eigenvalue weighted by Gasteiger charge is -2.33. The predicted octanol–water partition coefficient (Wildman–Crippen LogP) is 0.578. The van der Waals surface area contributed by atoms with Crippen molar-refractivity contribution < 1.29 is 28.6 Å². The molecule has 2 N–H and O–H groups in total. The first-order chi connectivity index (χ1) is 14.9. The first-order valence-electron chi connectivity index (χ1n) is 10.5. The van der Waals surface area contributed by atoms with Crippen LogP contribution in [0.1, 0.15) is 25.3 Å². The number of likely N-dealkylation sites (tertiary alicyclic amines) is 1. The van der Waals surface area contributed by atoms with Gasteiger partial charge in [0.2, 0.25) is 0 Å². The van der Waals surface area contributed by atoms with E-state index in [-0.39, 0.29) is 12.8 Å². The van der Waals surface area contributed by atoms with Gasteiger partial charge >= 0.3 is 6.03 Å². The molecule has 0 aliphatic carbocycles. The third-order valence-electron chi connectivity index (χ3n) is 6.13. The summed E-state index contributed by atoms with van der Waals surface area (Å²) in [5.74, 6) is 0.0293. The number of hydrogen-bond donors (Lipinski definition) is 2. The molecule has 0 spiro atoms. The number of amides is 4. The normalized spacial score (nSPS) is 25.7. The molecule has 1 aromatic rings. The summed E-state index contributed by atoms with van der Waals surface area (Å²) in [5, 5.41) is 3.43. The lowest BCUT2D eigenvalue weighted by Crippen LogP contribution is -2.51. The SMILES string of the molecule is COc1ccc([C@@]2(C)NC(=O)N(NC(=O)CN3CCC(C4OCCO4)CC3)C2=O)cc1. The van der Waals surface area contributed by atoms with Gasteiger partial charge in [0.05, 0.1) is 26.9 Å². The van der Waals surface area contributed by atoms with Crippen molar-refractivity contribution >= 4 is 17.8 Å². The molecule has 0 bridgehead atoms. The summed E-state index contributed by atoms with van der Waals surface area (Å²) in [6.45, 7) is 4.44. The molecule has 3 aliphatic heterocycles. The Kier molecular flexibility index (Phi) is 6.12. The zero-order valence-corrected chi connectivity index (χ0v) is 17.8. The van der Waals surface area contributed by atoms with Gasteiger partial charge in [0.25, 0.3) is 11.8 Å². The summed E-state index contributed by atoms with van der Waals surface area (Å²) >= 11 is 0. The highest BCUT2D eigenvalue weighted by Gasteiger charge is 2.50. The van der Waals surface area contributed by atoms with Crippen LogP contribution < -0.4 is 15.5 Å². The molecule has 3 heterocycles. The van der Waals surface area contributed by atoms with Gasteiger partial charge in [-0.1, -0.05) is 12.1 Å². The average Bonchev–Trinajstić information content (AvgIpc) is 3.38. The van der Waals surface area contributed by atoms with Crippen molar-refractivity contribution in [3.05, 3.63) is 29.8 Å². The van der Waals surface area contributed by atoms with Gasteiger partial charge < -0.3 is 19.5 Å². The molecule has 0 aromatic heterocycles. The van der Waals surface area contributed by atoms with Crippen molar-refractivity contribution in [2.24, 2.45) is 5.92 Å². The van der Waals surface area contributed by atoms with Crippen molar-refractivity contribution in [1.29, 1.82) is 0 Å². The van der Waals surface area contributed by atoms with Crippen LogP contribution in [0.25, 0.3) is 0 Å². The van der Waals surface area contributed by atoms with Gasteiger partial charge in [0, 0.05) is 5.92 Å². The van der Waals surface area contributed by atoms with E-state index >= 15 is 0 Å². The lowest BCUT2D eigenvalue weighted by atomic mass is 9.92. The van der Waals surface area contributed by atoms with E-state index in [9.17, 15) is 14.4 Å². The highest BCUT2D eigenvalue weighted by atomic mass is 16.7. The third-order valence-corrected chi connectivity index (χ3v) is 6.13. The molecule has 4 rings (SSSR count). The van der Waals surface area contributed by atoms with E-state index in [0.29, 0.717) is 30.4 Å². The molecule has 10 nitrogen and oxygen atoms in total. The summed E-state index contributed by atoms with van der Waals surface area (Å²) < 4.78 is 16.3. The minimum absolute atomic E-state index is 0.107. The maximum absolute atomic E-state index is 13.0. The van der Waals surface area contributed by atoms with Crippen molar-refractivity contribution in [2.75, 3.05) is 40.0 Å². The Morgan fingerprint density at radius 3 is 2.45 bits per heavy atom. The third kappa shape index (κ3) is 4.36. The zero-order chi connectivity index (χ0) is 22.0. The molecule has 0 saturated carbocycles. The first-order valence-corrected chi connectivity index (χ1v) is 10.5. The monoisotopic (exact) mass is 432 g/mol. The summed E-state index contributed by atoms with van der Waals surface area (Å²) in [6, 6.07) is 6.19. The number of hydrazine groups is 1. The van der Waals surface area contributed by atoms with E-state index in [2.05, 4.69) is 10.7 Å². The van der Waals surface area contributed by atoms with E-state index in [4.69, 9.17) is 14.2 Å². The van der Waals surface area contributed by atoms with Gasteiger partial charge in [-0.3, -0.25) is 19.9 Å². The number of hydrogen-bond acceptors (Lipinski definition) is 7. The number of nitrogens with one attached hydrogen (secondary N) is 2. The lowest BCUT2D eigenvalue weighted by molar-refractivity contribution is -0.139. The molecule has 10 heteroatoms. The van der Waals surface area contributed by atoms with Crippen LogP contribution in [0, 0.1) is 5.92 Å². The molecule has 3 fully saturated rings. The molecule has 0 unspecified atom stereocenters. The second-order valence-corrected chi connectivity index (χ2v) is 8.18. The number of rotatable bonds is 6. The molecule has 168 valence electrons. The Bertz CT molecular complexity index is 833. The summed E-state index contributed by atoms with van der Waals surface area (Å²) in [4.78, 5) is 39.9. The number of piperidine rings is 1. The summed E-state index contributed by atoms with van der Waals surface area (Å²) in [6.07, 6.45) is 1.60. The number of ether oxygens (including phenoxy) is 3. The molecule has 3 aliphatic rings. The fraction of sp³-hybridized carbons (Fsp3) is 0.571. The number of carbonyl (C=O) groups is 3. The Hall–Kier alpha value is -2.69. The number of nitrogens with zero attached hydrogens (tertiary/aromatic N) is 2. The Balaban J connectivity index is 1.32. The molecule has 31 heavy (non-hydrogen) atoms. The van der Waals surface area contributed by atoms with E-state index in [1.807, 2.05) is 4.90 Å². The molecular formula is C21H28N4O6. The molecule has 1 aromatic carbocycles. The highest BCUT2D eigenvalue weighted by molar-refractivity contribution is 6.08. The van der Waals surface area contributed by atoms with Gasteiger partial charge in [0.15, 0.2) is 6.29 Å². The number of methoxy groups -OCH3 is 1. The highest BCUT2D eigenvalue weighted by Crippen LogP contribution is 2.29. The maximum atomic E-state index is 13.0. The van der Waals surface area contributed by atoms with Crippen molar-refractivity contribution in [1.82, 2.24) is 20.7 Å². The minimum Gasteiger partial charge on any atom is -0.497 e. The van der Waals surface area contributed by atoms with Crippen LogP contribution in [-0.2, 0) is 24.6 Å². The van der Waals surface area contributed by atoms with Crippen molar-refractivity contribution in [2.45, 2.75) is 31.6 Å². The minimum atomic E-state index is -1.27. The molecule has 3 saturated heterocycles. The van der Waals surface area contributed by atoms with Gasteiger partial charge in [-0.2, -0.15) is 5.01 Å². The van der Waals surface area contributed by atoms with E-state index in [0.717, 1.165) is 30.9 Å². The van der Waals surface area contributed by atoms with Crippen LogP contribution in [0.15, 0.2) is 24.3 Å². The van der Waals surface area contributed by atoms with Crippen LogP contribution in [-0.4, -0.2) is 74.0 Å². The van der Waals surface area contributed by atoms with Crippen LogP contribution in [0.2, 0.25) is 0 Å². The van der Waals surface area contributed by atoms with E-state index < -0.39 is 23.4 Å². The number of urea groups is 1. The van der Waals surface area contributed by atoms with Crippen LogP contribution in [0.4, 0.5) is 4.79 Å². The quantitative estimate of drug-likeness (QED) is 0.633. The van der Waals surface area contributed by atoms with Crippen molar-refractivity contribution in [3.8, 4) is 5.75 Å². The smallest absolute Gasteiger partial charge is 0.344 e. The molecule has 0 radical (unpaired) electrons. The molecule has 4 amide bonds.